The van der Waals surface area contributed by atoms with E-state index in [4.69, 9.17) is 14.2 Å². The number of hydrogen-bond acceptors (Lipinski definition) is 6. The molecule has 0 rings (SSSR count). The largest absolute Gasteiger partial charge is 0.462 e. The van der Waals surface area contributed by atoms with Crippen LogP contribution < -0.4 is 0 Å². The topological polar surface area (TPSA) is 78.9 Å². The van der Waals surface area contributed by atoms with Gasteiger partial charge in [0.25, 0.3) is 0 Å². The lowest BCUT2D eigenvalue weighted by Gasteiger charge is -2.18. The zero-order valence-electron chi connectivity index (χ0n) is 41.8. The zero-order chi connectivity index (χ0) is 46.5. The van der Waals surface area contributed by atoms with Crippen molar-refractivity contribution in [2.75, 3.05) is 13.2 Å². The summed E-state index contributed by atoms with van der Waals surface area (Å²) in [7, 11) is 0. The highest BCUT2D eigenvalue weighted by Crippen LogP contribution is 2.14. The molecule has 0 radical (unpaired) electrons. The van der Waals surface area contributed by atoms with Gasteiger partial charge in [-0.15, -0.1) is 0 Å². The first-order chi connectivity index (χ1) is 31.5. The molecule has 0 fully saturated rings. The molecular weight excluding hydrogens is 793 g/mol. The van der Waals surface area contributed by atoms with Gasteiger partial charge in [-0.1, -0.05) is 215 Å². The van der Waals surface area contributed by atoms with Crippen LogP contribution in [0.15, 0.2) is 85.1 Å². The Morgan fingerprint density at radius 1 is 0.328 bits per heavy atom. The van der Waals surface area contributed by atoms with Crippen molar-refractivity contribution in [2.45, 2.75) is 252 Å². The Morgan fingerprint density at radius 2 is 0.656 bits per heavy atom. The highest BCUT2D eigenvalue weighted by molar-refractivity contribution is 5.71. The summed E-state index contributed by atoms with van der Waals surface area (Å²) in [6.45, 7) is 6.40. The van der Waals surface area contributed by atoms with E-state index in [9.17, 15) is 14.4 Å². The number of rotatable bonds is 47. The van der Waals surface area contributed by atoms with Crippen LogP contribution in [-0.4, -0.2) is 37.2 Å². The molecule has 0 bridgehead atoms. The number of ether oxygens (including phenoxy) is 3. The van der Waals surface area contributed by atoms with Crippen molar-refractivity contribution in [1.29, 1.82) is 0 Å². The maximum atomic E-state index is 12.8. The number of unbranched alkanes of at least 4 members (excludes halogenated alkanes) is 22. The fourth-order valence-electron chi connectivity index (χ4n) is 7.11. The molecule has 0 aromatic rings. The second-order valence-electron chi connectivity index (χ2n) is 17.4. The van der Waals surface area contributed by atoms with Crippen LogP contribution >= 0.6 is 0 Å². The average Bonchev–Trinajstić information content (AvgIpc) is 3.29. The summed E-state index contributed by atoms with van der Waals surface area (Å²) in [6.07, 6.45) is 67.3. The van der Waals surface area contributed by atoms with E-state index in [1.165, 1.54) is 109 Å². The van der Waals surface area contributed by atoms with E-state index in [2.05, 4.69) is 93.7 Å². The molecule has 0 saturated carbocycles. The Morgan fingerprint density at radius 3 is 1.11 bits per heavy atom. The Kier molecular flexibility index (Phi) is 49.4. The number of carbonyl (C=O) groups excluding carboxylic acids is 3. The summed E-state index contributed by atoms with van der Waals surface area (Å²) in [5, 5.41) is 0. The van der Waals surface area contributed by atoms with Gasteiger partial charge in [0, 0.05) is 19.3 Å². The zero-order valence-corrected chi connectivity index (χ0v) is 41.8. The second kappa shape index (κ2) is 52.2. The maximum absolute atomic E-state index is 12.8. The van der Waals surface area contributed by atoms with E-state index in [1.807, 2.05) is 12.2 Å². The smallest absolute Gasteiger partial charge is 0.306 e. The minimum atomic E-state index is -0.813. The lowest BCUT2D eigenvalue weighted by Crippen LogP contribution is -2.30. The van der Waals surface area contributed by atoms with Crippen molar-refractivity contribution in [3.63, 3.8) is 0 Å². The van der Waals surface area contributed by atoms with E-state index in [1.54, 1.807) is 0 Å². The van der Waals surface area contributed by atoms with Crippen LogP contribution in [0.1, 0.15) is 245 Å². The van der Waals surface area contributed by atoms with Crippen molar-refractivity contribution < 1.29 is 28.6 Å². The van der Waals surface area contributed by atoms with Gasteiger partial charge in [0.1, 0.15) is 13.2 Å². The minimum absolute atomic E-state index is 0.105. The molecule has 0 aliphatic carbocycles. The fourth-order valence-corrected chi connectivity index (χ4v) is 7.11. The van der Waals surface area contributed by atoms with Gasteiger partial charge < -0.3 is 14.2 Å². The molecule has 0 heterocycles. The highest BCUT2D eigenvalue weighted by atomic mass is 16.6. The maximum Gasteiger partial charge on any atom is 0.306 e. The van der Waals surface area contributed by atoms with Crippen molar-refractivity contribution in [2.24, 2.45) is 0 Å². The first kappa shape index (κ1) is 60.6. The molecule has 1 atom stereocenters. The van der Waals surface area contributed by atoms with E-state index < -0.39 is 6.10 Å². The third kappa shape index (κ3) is 49.6. The summed E-state index contributed by atoms with van der Waals surface area (Å²) in [5.74, 6) is -1.01. The number of esters is 3. The molecule has 1 unspecified atom stereocenters. The van der Waals surface area contributed by atoms with Crippen LogP contribution in [-0.2, 0) is 28.6 Å². The molecule has 0 spiro atoms. The molecule has 6 nitrogen and oxygen atoms in total. The second-order valence-corrected chi connectivity index (χ2v) is 17.4. The van der Waals surface area contributed by atoms with Crippen LogP contribution in [0.5, 0.6) is 0 Å². The van der Waals surface area contributed by atoms with Gasteiger partial charge in [-0.3, -0.25) is 14.4 Å². The highest BCUT2D eigenvalue weighted by Gasteiger charge is 2.19. The lowest BCUT2D eigenvalue weighted by atomic mass is 10.1. The van der Waals surface area contributed by atoms with Crippen LogP contribution in [0.2, 0.25) is 0 Å². The predicted molar refractivity (Wildman–Crippen MR) is 274 cm³/mol. The Bertz CT molecular complexity index is 1250. The minimum Gasteiger partial charge on any atom is -0.462 e. The van der Waals surface area contributed by atoms with Gasteiger partial charge in [0.05, 0.1) is 0 Å². The summed E-state index contributed by atoms with van der Waals surface area (Å²) < 4.78 is 16.7. The molecule has 0 N–H and O–H groups in total. The molecule has 0 saturated heterocycles. The standard InChI is InChI=1S/C58H98O6/c1-4-7-10-13-16-19-22-25-27-28-29-30-31-34-36-39-42-45-48-51-57(60)63-54-55(53-62-56(59)50-47-44-41-38-35-32-24-21-18-15-12-9-6-3)64-58(61)52-49-46-43-40-37-33-26-23-20-17-14-11-8-5-2/h9,12,14,17-18,21,23,25-27,32,35,41,44,55H,4-8,10-11,13,15-16,19-20,22,24,28-31,33-34,36-40,42-43,45-54H2,1-3H3/b12-9-,17-14-,21-18-,26-23-,27-25-,35-32-,44-41-. The van der Waals surface area contributed by atoms with Crippen LogP contribution in [0, 0.1) is 0 Å². The van der Waals surface area contributed by atoms with Gasteiger partial charge in [0.2, 0.25) is 0 Å². The average molecular weight is 891 g/mol. The summed E-state index contributed by atoms with van der Waals surface area (Å²) in [4.78, 5) is 38.0. The third-order valence-electron chi connectivity index (χ3n) is 11.1. The Balaban J connectivity index is 4.44. The molecule has 0 aromatic carbocycles. The van der Waals surface area contributed by atoms with E-state index >= 15 is 0 Å². The van der Waals surface area contributed by atoms with Crippen molar-refractivity contribution >= 4 is 17.9 Å². The monoisotopic (exact) mass is 891 g/mol. The number of carbonyl (C=O) groups is 3. The van der Waals surface area contributed by atoms with E-state index in [0.717, 1.165) is 89.9 Å². The number of hydrogen-bond donors (Lipinski definition) is 0. The van der Waals surface area contributed by atoms with Gasteiger partial charge >= 0.3 is 17.9 Å². The normalized spacial score (nSPS) is 12.7. The Hall–Kier alpha value is -3.41. The molecule has 0 aliphatic heterocycles. The summed E-state index contributed by atoms with van der Waals surface area (Å²) in [5.41, 5.74) is 0. The van der Waals surface area contributed by atoms with Gasteiger partial charge in [0.15, 0.2) is 6.10 Å². The van der Waals surface area contributed by atoms with Crippen molar-refractivity contribution in [3.8, 4) is 0 Å². The Labute approximate surface area is 395 Å². The third-order valence-corrected chi connectivity index (χ3v) is 11.1. The molecular formula is C58H98O6. The molecule has 0 aromatic heterocycles. The van der Waals surface area contributed by atoms with Gasteiger partial charge in [-0.2, -0.15) is 0 Å². The lowest BCUT2D eigenvalue weighted by molar-refractivity contribution is -0.166. The van der Waals surface area contributed by atoms with Gasteiger partial charge in [-0.25, -0.2) is 0 Å². The SMILES string of the molecule is CC/C=C\C/C=C\C/C=C\C/C=C\CCC(=O)OCC(COC(=O)CCCCCCCCCCC/C=C\CCCCCCCC)OC(=O)CCCCCCC/C=C\C/C=C\CCCC. The predicted octanol–water partition coefficient (Wildman–Crippen LogP) is 17.6. The first-order valence-electron chi connectivity index (χ1n) is 26.6. The van der Waals surface area contributed by atoms with Crippen LogP contribution in [0.25, 0.3) is 0 Å². The molecule has 0 aliphatic rings. The number of allylic oxidation sites excluding steroid dienone is 14. The first-order valence-corrected chi connectivity index (χ1v) is 26.6. The van der Waals surface area contributed by atoms with E-state index in [0.29, 0.717) is 19.3 Å². The van der Waals surface area contributed by atoms with Crippen LogP contribution in [0.4, 0.5) is 0 Å². The van der Waals surface area contributed by atoms with Crippen LogP contribution in [0.3, 0.4) is 0 Å². The fraction of sp³-hybridized carbons (Fsp3) is 0.707. The molecule has 0 amide bonds. The summed E-state index contributed by atoms with van der Waals surface area (Å²) in [6, 6.07) is 0. The van der Waals surface area contributed by atoms with Crippen molar-refractivity contribution in [3.05, 3.63) is 85.1 Å². The molecule has 64 heavy (non-hydrogen) atoms. The van der Waals surface area contributed by atoms with Crippen molar-refractivity contribution in [1.82, 2.24) is 0 Å². The van der Waals surface area contributed by atoms with E-state index in [-0.39, 0.29) is 37.5 Å². The molecule has 6 heteroatoms. The van der Waals surface area contributed by atoms with Gasteiger partial charge in [-0.05, 0) is 96.3 Å². The molecule has 366 valence electrons. The summed E-state index contributed by atoms with van der Waals surface area (Å²) >= 11 is 0. The quantitative estimate of drug-likeness (QED) is 0.0262.